The molecule has 1 unspecified atom stereocenters. The van der Waals surface area contributed by atoms with Crippen LogP contribution in [0, 0.1) is 23.7 Å². The van der Waals surface area contributed by atoms with Crippen molar-refractivity contribution < 1.29 is 28.2 Å². The Kier molecular flexibility index (Phi) is 8.22. The molecule has 1 heterocycles. The lowest BCUT2D eigenvalue weighted by molar-refractivity contribution is -0.119. The highest BCUT2D eigenvalue weighted by molar-refractivity contribution is 7.89. The Morgan fingerprint density at radius 2 is 2.15 bits per heavy atom. The summed E-state index contributed by atoms with van der Waals surface area (Å²) in [6.45, 7) is 3.73. The second-order valence-corrected chi connectivity index (χ2v) is 10.8. The van der Waals surface area contributed by atoms with Crippen molar-refractivity contribution in [2.75, 3.05) is 6.26 Å². The number of aliphatic hydroxyl groups is 2. The molecule has 3 rings (SSSR count). The lowest BCUT2D eigenvalue weighted by Gasteiger charge is -2.19. The van der Waals surface area contributed by atoms with E-state index in [1.54, 1.807) is 13.0 Å². The molecule has 1 aliphatic heterocycles. The Morgan fingerprint density at radius 3 is 2.85 bits per heavy atom. The molecule has 1 amide bonds. The fourth-order valence-corrected chi connectivity index (χ4v) is 5.19. The molecule has 7 nitrogen and oxygen atoms in total. The molecule has 33 heavy (non-hydrogen) atoms. The van der Waals surface area contributed by atoms with E-state index in [1.165, 1.54) is 0 Å². The molecule has 0 radical (unpaired) electrons. The monoisotopic (exact) mass is 475 g/mol. The summed E-state index contributed by atoms with van der Waals surface area (Å²) in [6, 6.07) is 5.91. The first-order chi connectivity index (χ1) is 15.6. The van der Waals surface area contributed by atoms with E-state index in [-0.39, 0.29) is 30.3 Å². The highest BCUT2D eigenvalue weighted by Gasteiger charge is 2.48. The van der Waals surface area contributed by atoms with Gasteiger partial charge >= 0.3 is 0 Å². The molecule has 1 fully saturated rings. The summed E-state index contributed by atoms with van der Waals surface area (Å²) in [4.78, 5) is 11.8. The molecule has 6 atom stereocenters. The molecule has 8 heteroatoms. The standard InChI is InChI=1S/C25H33NO6S/c1-4-5-8-16(2)20(27)14-13-18-21(28)15-22-24(18)19-11-6-9-17(25(19)32-22)10-7-12-23(29)26-33(3,30)31/h6,9,11,13-14,16,18,20-22,24,27-28H,7-8,10,12,15H2,1-3H3,(H,26,29)/b14-13+/t16-,18-,20+,21+,22-,24?/m0/s1. The van der Waals surface area contributed by atoms with E-state index in [2.05, 4.69) is 11.8 Å². The van der Waals surface area contributed by atoms with Gasteiger partial charge in [-0.2, -0.15) is 0 Å². The number of aryl methyl sites for hydroxylation is 1. The summed E-state index contributed by atoms with van der Waals surface area (Å²) >= 11 is 0. The van der Waals surface area contributed by atoms with Crippen molar-refractivity contribution in [3.63, 3.8) is 0 Å². The number of hydrogen-bond acceptors (Lipinski definition) is 6. The number of amides is 1. The van der Waals surface area contributed by atoms with Crippen LogP contribution in [0.3, 0.4) is 0 Å². The molecule has 2 aliphatic rings. The average Bonchev–Trinajstić information content (AvgIpc) is 3.24. The maximum absolute atomic E-state index is 11.8. The van der Waals surface area contributed by atoms with E-state index < -0.39 is 28.1 Å². The van der Waals surface area contributed by atoms with Crippen LogP contribution in [0.5, 0.6) is 5.75 Å². The predicted octanol–water partition coefficient (Wildman–Crippen LogP) is 2.28. The van der Waals surface area contributed by atoms with Crippen LogP contribution in [-0.2, 0) is 21.2 Å². The van der Waals surface area contributed by atoms with E-state index in [4.69, 9.17) is 4.74 Å². The summed E-state index contributed by atoms with van der Waals surface area (Å²) < 4.78 is 30.6. The third-order valence-electron chi connectivity index (χ3n) is 6.35. The van der Waals surface area contributed by atoms with Gasteiger partial charge in [-0.3, -0.25) is 9.52 Å². The van der Waals surface area contributed by atoms with Crippen molar-refractivity contribution in [1.29, 1.82) is 0 Å². The number of aliphatic hydroxyl groups excluding tert-OH is 2. The predicted molar refractivity (Wildman–Crippen MR) is 126 cm³/mol. The summed E-state index contributed by atoms with van der Waals surface area (Å²) in [6.07, 6.45) is 5.61. The smallest absolute Gasteiger partial charge is 0.233 e. The lowest BCUT2D eigenvalue weighted by atomic mass is 9.86. The van der Waals surface area contributed by atoms with Crippen LogP contribution in [0.25, 0.3) is 0 Å². The summed E-state index contributed by atoms with van der Waals surface area (Å²) in [7, 11) is -3.55. The fourth-order valence-electron chi connectivity index (χ4n) is 4.68. The number of para-hydroxylation sites is 1. The van der Waals surface area contributed by atoms with Gasteiger partial charge in [0.2, 0.25) is 15.9 Å². The first kappa shape index (κ1) is 25.3. The number of carbonyl (C=O) groups is 1. The zero-order chi connectivity index (χ0) is 24.2. The summed E-state index contributed by atoms with van der Waals surface area (Å²) in [5.74, 6) is 5.95. The number of rotatable bonds is 9. The van der Waals surface area contributed by atoms with Crippen molar-refractivity contribution in [3.05, 3.63) is 41.5 Å². The van der Waals surface area contributed by atoms with Gasteiger partial charge in [0.15, 0.2) is 0 Å². The largest absolute Gasteiger partial charge is 0.489 e. The Labute approximate surface area is 196 Å². The van der Waals surface area contributed by atoms with E-state index in [1.807, 2.05) is 35.9 Å². The first-order valence-electron chi connectivity index (χ1n) is 11.3. The minimum Gasteiger partial charge on any atom is -0.489 e. The van der Waals surface area contributed by atoms with Gasteiger partial charge in [-0.25, -0.2) is 8.42 Å². The molecule has 0 bridgehead atoms. The molecule has 1 aliphatic carbocycles. The van der Waals surface area contributed by atoms with Gasteiger partial charge in [0.05, 0.1) is 18.5 Å². The molecule has 1 aromatic carbocycles. The number of nitrogens with one attached hydrogen (secondary N) is 1. The van der Waals surface area contributed by atoms with Crippen LogP contribution in [-0.4, -0.2) is 49.1 Å². The Balaban J connectivity index is 1.69. The number of benzene rings is 1. The van der Waals surface area contributed by atoms with Gasteiger partial charge in [0.25, 0.3) is 0 Å². The first-order valence-corrected chi connectivity index (χ1v) is 13.2. The van der Waals surface area contributed by atoms with Gasteiger partial charge in [0, 0.05) is 36.7 Å². The van der Waals surface area contributed by atoms with Crippen molar-refractivity contribution >= 4 is 15.9 Å². The van der Waals surface area contributed by atoms with Gasteiger partial charge in [0.1, 0.15) is 11.9 Å². The number of carbonyl (C=O) groups excluding carboxylic acids is 1. The molecule has 1 aromatic rings. The fraction of sp³-hybridized carbons (Fsp3) is 0.560. The van der Waals surface area contributed by atoms with Crippen molar-refractivity contribution in [1.82, 2.24) is 4.72 Å². The minimum atomic E-state index is -3.55. The molecule has 0 saturated heterocycles. The molecule has 3 N–H and O–H groups in total. The maximum Gasteiger partial charge on any atom is 0.233 e. The van der Waals surface area contributed by atoms with Gasteiger partial charge in [-0.15, -0.1) is 11.8 Å². The quantitative estimate of drug-likeness (QED) is 0.373. The van der Waals surface area contributed by atoms with Gasteiger partial charge in [-0.1, -0.05) is 37.3 Å². The number of ether oxygens (including phenoxy) is 1. The maximum atomic E-state index is 11.8. The van der Waals surface area contributed by atoms with Crippen LogP contribution in [0.4, 0.5) is 0 Å². The van der Waals surface area contributed by atoms with E-state index in [9.17, 15) is 23.4 Å². The molecular weight excluding hydrogens is 442 g/mol. The minimum absolute atomic E-state index is 0.00153. The van der Waals surface area contributed by atoms with Gasteiger partial charge < -0.3 is 14.9 Å². The zero-order valence-corrected chi connectivity index (χ0v) is 20.1. The average molecular weight is 476 g/mol. The third-order valence-corrected chi connectivity index (χ3v) is 6.95. The molecule has 180 valence electrons. The van der Waals surface area contributed by atoms with Crippen molar-refractivity contribution in [2.45, 2.75) is 70.2 Å². The topological polar surface area (TPSA) is 113 Å². The Hall–Kier alpha value is -2.34. The van der Waals surface area contributed by atoms with Gasteiger partial charge in [-0.05, 0) is 31.2 Å². The lowest BCUT2D eigenvalue weighted by Crippen LogP contribution is -2.29. The molecule has 1 saturated carbocycles. The normalized spacial score (nSPS) is 25.5. The second-order valence-electron chi connectivity index (χ2n) is 9.03. The SMILES string of the molecule is CC#CC[C@H](C)[C@H](O)/C=C/[C@@H]1C2c3cccc(CCCC(=O)NS(C)(=O)=O)c3O[C@H]2C[C@H]1O. The van der Waals surface area contributed by atoms with Crippen LogP contribution >= 0.6 is 0 Å². The Morgan fingerprint density at radius 1 is 1.39 bits per heavy atom. The summed E-state index contributed by atoms with van der Waals surface area (Å²) in [5.41, 5.74) is 2.00. The molecule has 0 aromatic heterocycles. The van der Waals surface area contributed by atoms with Crippen LogP contribution < -0.4 is 9.46 Å². The highest BCUT2D eigenvalue weighted by atomic mass is 32.2. The summed E-state index contributed by atoms with van der Waals surface area (Å²) in [5, 5.41) is 21.1. The van der Waals surface area contributed by atoms with Crippen LogP contribution in [0.15, 0.2) is 30.4 Å². The number of fused-ring (bicyclic) bond motifs is 3. The Bertz CT molecular complexity index is 1050. The van der Waals surface area contributed by atoms with Crippen molar-refractivity contribution in [3.8, 4) is 17.6 Å². The second kappa shape index (κ2) is 10.7. The van der Waals surface area contributed by atoms with E-state index in [0.717, 1.165) is 23.1 Å². The number of hydrogen-bond donors (Lipinski definition) is 3. The zero-order valence-electron chi connectivity index (χ0n) is 19.3. The van der Waals surface area contributed by atoms with Crippen LogP contribution in [0.2, 0.25) is 0 Å². The van der Waals surface area contributed by atoms with Crippen molar-refractivity contribution in [2.24, 2.45) is 11.8 Å². The molecule has 0 spiro atoms. The highest BCUT2D eigenvalue weighted by Crippen LogP contribution is 2.52. The van der Waals surface area contributed by atoms with Crippen LogP contribution in [0.1, 0.15) is 56.6 Å². The van der Waals surface area contributed by atoms with E-state index in [0.29, 0.717) is 25.7 Å². The molecular formula is C25H33NO6S. The number of sulfonamides is 1. The van der Waals surface area contributed by atoms with E-state index >= 15 is 0 Å². The third kappa shape index (κ3) is 6.38.